The molecule has 0 radical (unpaired) electrons. The molecule has 4 heterocycles. The minimum Gasteiger partial charge on any atom is -0.397 e. The van der Waals surface area contributed by atoms with Crippen LogP contribution in [0, 0.1) is 6.20 Å². The van der Waals surface area contributed by atoms with E-state index in [2.05, 4.69) is 56.1 Å². The molecule has 0 aromatic carbocycles. The van der Waals surface area contributed by atoms with Gasteiger partial charge in [0.25, 0.3) is 0 Å². The van der Waals surface area contributed by atoms with Gasteiger partial charge in [0, 0.05) is 24.7 Å². The molecule has 0 unspecified atom stereocenters. The molecule has 4 aromatic heterocycles. The molecular formula is C21H23N8Na. The second-order valence-corrected chi connectivity index (χ2v) is 7.01. The van der Waals surface area contributed by atoms with Gasteiger partial charge in [-0.15, -0.1) is 12.8 Å². The van der Waals surface area contributed by atoms with E-state index in [4.69, 9.17) is 5.73 Å². The van der Waals surface area contributed by atoms with Crippen molar-refractivity contribution in [1.29, 1.82) is 0 Å². The number of aromatic nitrogens is 7. The van der Waals surface area contributed by atoms with Crippen LogP contribution >= 0.6 is 0 Å². The number of rotatable bonds is 7. The second-order valence-electron chi connectivity index (χ2n) is 7.01. The van der Waals surface area contributed by atoms with E-state index < -0.39 is 0 Å². The summed E-state index contributed by atoms with van der Waals surface area (Å²) in [6.45, 7) is 13.4. The predicted octanol–water partition coefficient (Wildman–Crippen LogP) is 0.405. The molecule has 0 aliphatic heterocycles. The Morgan fingerprint density at radius 3 is 2.80 bits per heavy atom. The van der Waals surface area contributed by atoms with Crippen molar-refractivity contribution in [1.82, 2.24) is 34.5 Å². The van der Waals surface area contributed by atoms with Crippen LogP contribution in [-0.2, 0) is 13.1 Å². The maximum absolute atomic E-state index is 5.93. The van der Waals surface area contributed by atoms with Gasteiger partial charge in [-0.3, -0.25) is 5.10 Å². The number of nitrogens with one attached hydrogen (secondary N) is 1. The number of nitrogens with zero attached hydrogens (tertiary/aromatic N) is 6. The van der Waals surface area contributed by atoms with Crippen LogP contribution in [0.25, 0.3) is 39.6 Å². The van der Waals surface area contributed by atoms with Crippen molar-refractivity contribution in [3.63, 3.8) is 0 Å². The van der Waals surface area contributed by atoms with E-state index in [0.717, 1.165) is 35.1 Å². The standard InChI is InChI=1S/C21H23N8.Na/c1-5-28-10-8-15-18(28)12-16(14(4)22)24-19(15)21-25-20(26-27-21)17-6-9-23-29(17)11-7-13(2)3;/h6,8,10,12H,2,4-5,7,11,22H2,1,3H3,(H,25,26,27);/q-1;+1. The topological polar surface area (TPSA) is 103 Å². The first-order chi connectivity index (χ1) is 14.0. The van der Waals surface area contributed by atoms with Gasteiger partial charge >= 0.3 is 29.6 Å². The number of hydrogen-bond donors (Lipinski definition) is 2. The van der Waals surface area contributed by atoms with E-state index >= 15 is 0 Å². The molecule has 3 N–H and O–H groups in total. The molecule has 148 valence electrons. The Morgan fingerprint density at radius 2 is 2.10 bits per heavy atom. The summed E-state index contributed by atoms with van der Waals surface area (Å²) in [5.41, 5.74) is 10.5. The van der Waals surface area contributed by atoms with E-state index in [1.807, 2.05) is 29.9 Å². The zero-order valence-corrected chi connectivity index (χ0v) is 19.6. The summed E-state index contributed by atoms with van der Waals surface area (Å²) in [6.07, 6.45) is 5.73. The summed E-state index contributed by atoms with van der Waals surface area (Å²) in [6, 6.07) is 5.75. The Morgan fingerprint density at radius 1 is 1.30 bits per heavy atom. The van der Waals surface area contributed by atoms with E-state index in [1.54, 1.807) is 6.07 Å². The molecule has 0 spiro atoms. The van der Waals surface area contributed by atoms with Crippen LogP contribution < -0.4 is 35.3 Å². The van der Waals surface area contributed by atoms with E-state index in [9.17, 15) is 0 Å². The first-order valence-corrected chi connectivity index (χ1v) is 9.44. The van der Waals surface area contributed by atoms with E-state index in [-0.39, 0.29) is 29.6 Å². The zero-order valence-electron chi connectivity index (χ0n) is 17.6. The minimum absolute atomic E-state index is 0. The quantitative estimate of drug-likeness (QED) is 0.261. The molecule has 4 rings (SSSR count). The molecule has 0 aliphatic rings. The third-order valence-electron chi connectivity index (χ3n) is 4.79. The molecule has 4 aromatic rings. The molecule has 0 bridgehead atoms. The summed E-state index contributed by atoms with van der Waals surface area (Å²) < 4.78 is 3.97. The fourth-order valence-electron chi connectivity index (χ4n) is 3.23. The second kappa shape index (κ2) is 8.99. The van der Waals surface area contributed by atoms with Gasteiger partial charge in [0.05, 0.1) is 22.7 Å². The summed E-state index contributed by atoms with van der Waals surface area (Å²) in [5.74, 6) is 1.10. The Balaban J connectivity index is 0.00000256. The van der Waals surface area contributed by atoms with Gasteiger partial charge in [-0.05, 0) is 38.1 Å². The number of allylic oxidation sites excluding steroid dienone is 1. The Labute approximate surface area is 197 Å². The minimum atomic E-state index is 0. The van der Waals surface area contributed by atoms with Crippen molar-refractivity contribution in [2.45, 2.75) is 33.4 Å². The molecule has 0 atom stereocenters. The van der Waals surface area contributed by atoms with Crippen molar-refractivity contribution in [2.75, 3.05) is 0 Å². The summed E-state index contributed by atoms with van der Waals surface area (Å²) in [7, 11) is 0. The average molecular weight is 410 g/mol. The fourth-order valence-corrected chi connectivity index (χ4v) is 3.23. The van der Waals surface area contributed by atoms with Gasteiger partial charge in [0.15, 0.2) is 5.82 Å². The monoisotopic (exact) mass is 410 g/mol. The van der Waals surface area contributed by atoms with E-state index in [1.165, 1.54) is 0 Å². The van der Waals surface area contributed by atoms with Crippen molar-refractivity contribution >= 4 is 16.6 Å². The number of H-pyrrole nitrogens is 1. The summed E-state index contributed by atoms with van der Waals surface area (Å²) in [4.78, 5) is 9.35. The van der Waals surface area contributed by atoms with Gasteiger partial charge in [-0.25, -0.2) is 9.97 Å². The molecule has 0 aliphatic carbocycles. The van der Waals surface area contributed by atoms with Crippen LogP contribution in [0.2, 0.25) is 0 Å². The fraction of sp³-hybridized carbons (Fsp3) is 0.238. The van der Waals surface area contributed by atoms with Gasteiger partial charge in [0.1, 0.15) is 5.69 Å². The number of nitrogens with two attached hydrogens (primary N) is 1. The first-order valence-electron chi connectivity index (χ1n) is 9.44. The number of pyridine rings is 1. The maximum atomic E-state index is 5.93. The largest absolute Gasteiger partial charge is 1.00 e. The smallest absolute Gasteiger partial charge is 0.397 e. The molecule has 0 fully saturated rings. The number of hydrogen-bond acceptors (Lipinski definition) is 5. The first kappa shape index (κ1) is 22.0. The third kappa shape index (κ3) is 4.12. The molecular weight excluding hydrogens is 387 g/mol. The van der Waals surface area contributed by atoms with Crippen LogP contribution in [0.4, 0.5) is 0 Å². The van der Waals surface area contributed by atoms with Crippen LogP contribution in [0.5, 0.6) is 0 Å². The molecule has 0 saturated heterocycles. The van der Waals surface area contributed by atoms with Gasteiger partial charge < -0.3 is 20.1 Å². The Hall–Kier alpha value is -2.68. The van der Waals surface area contributed by atoms with Crippen molar-refractivity contribution < 1.29 is 29.6 Å². The third-order valence-corrected chi connectivity index (χ3v) is 4.79. The van der Waals surface area contributed by atoms with Crippen LogP contribution in [0.15, 0.2) is 43.1 Å². The average Bonchev–Trinajstić information content (AvgIpc) is 3.43. The zero-order chi connectivity index (χ0) is 20.5. The molecule has 9 heteroatoms. The molecule has 0 amide bonds. The summed E-state index contributed by atoms with van der Waals surface area (Å²) >= 11 is 0. The number of aromatic amines is 1. The predicted molar refractivity (Wildman–Crippen MR) is 113 cm³/mol. The van der Waals surface area contributed by atoms with Gasteiger partial charge in [-0.1, -0.05) is 12.2 Å². The van der Waals surface area contributed by atoms with Crippen LogP contribution in [0.1, 0.15) is 26.0 Å². The van der Waals surface area contributed by atoms with Crippen LogP contribution in [-0.4, -0.2) is 34.5 Å². The van der Waals surface area contributed by atoms with Crippen LogP contribution in [0.3, 0.4) is 0 Å². The number of fused-ring (bicyclic) bond motifs is 1. The Bertz CT molecular complexity index is 1210. The van der Waals surface area contributed by atoms with E-state index in [0.29, 0.717) is 35.3 Å². The molecule has 30 heavy (non-hydrogen) atoms. The molecule has 8 nitrogen and oxygen atoms in total. The SMILES string of the molecule is C=C(C)CCn1n[c-]cc1-c1nc(-c2nc(C(=C)N)cc3c2ccn3CC)n[nH]1.[Na+]. The van der Waals surface area contributed by atoms with Gasteiger partial charge in [-0.2, -0.15) is 11.2 Å². The maximum Gasteiger partial charge on any atom is 1.00 e. The van der Waals surface area contributed by atoms with Crippen molar-refractivity contribution in [3.8, 4) is 23.0 Å². The van der Waals surface area contributed by atoms with Crippen molar-refractivity contribution in [2.24, 2.45) is 5.73 Å². The Kier molecular flexibility index (Phi) is 6.60. The number of aryl methyl sites for hydroxylation is 2. The normalized spacial score (nSPS) is 10.9. The molecule has 0 saturated carbocycles. The van der Waals surface area contributed by atoms with Gasteiger partial charge in [0.2, 0.25) is 0 Å². The van der Waals surface area contributed by atoms with Crippen molar-refractivity contribution in [3.05, 3.63) is 55.0 Å². The summed E-state index contributed by atoms with van der Waals surface area (Å²) in [5, 5.41) is 12.6.